The van der Waals surface area contributed by atoms with E-state index in [-0.39, 0.29) is 12.5 Å². The van der Waals surface area contributed by atoms with Gasteiger partial charge in [0, 0.05) is 10.7 Å². The Bertz CT molecular complexity index is 615. The second kappa shape index (κ2) is 6.50. The van der Waals surface area contributed by atoms with Gasteiger partial charge in [-0.3, -0.25) is 4.79 Å². The van der Waals surface area contributed by atoms with Crippen molar-refractivity contribution >= 4 is 40.5 Å². The van der Waals surface area contributed by atoms with Gasteiger partial charge in [-0.15, -0.1) is 0 Å². The molecule has 6 heteroatoms. The van der Waals surface area contributed by atoms with E-state index in [1.54, 1.807) is 42.5 Å². The molecule has 2 aromatic rings. The lowest BCUT2D eigenvalue weighted by atomic mass is 10.3. The van der Waals surface area contributed by atoms with Crippen LogP contribution >= 0.6 is 23.2 Å². The number of anilines is 2. The largest absolute Gasteiger partial charge is 0.484 e. The molecule has 0 saturated carbocycles. The number of amides is 1. The molecule has 0 atom stereocenters. The molecule has 0 unspecified atom stereocenters. The molecule has 3 N–H and O–H groups in total. The molecule has 0 bridgehead atoms. The molecule has 1 amide bonds. The number of nitrogen functional groups attached to an aromatic ring is 1. The van der Waals surface area contributed by atoms with Gasteiger partial charge in [-0.1, -0.05) is 23.2 Å². The maximum atomic E-state index is 11.8. The summed E-state index contributed by atoms with van der Waals surface area (Å²) in [6, 6.07) is 11.6. The van der Waals surface area contributed by atoms with E-state index in [0.717, 1.165) is 0 Å². The van der Waals surface area contributed by atoms with Gasteiger partial charge in [0.05, 0.1) is 10.7 Å². The van der Waals surface area contributed by atoms with Crippen molar-refractivity contribution in [2.24, 2.45) is 0 Å². The third-order valence-electron chi connectivity index (χ3n) is 2.45. The molecular formula is C14H12Cl2N2O2. The van der Waals surface area contributed by atoms with Crippen molar-refractivity contribution in [2.75, 3.05) is 17.7 Å². The summed E-state index contributed by atoms with van der Waals surface area (Å²) in [6.07, 6.45) is 0. The summed E-state index contributed by atoms with van der Waals surface area (Å²) in [5.41, 5.74) is 6.63. The second-order valence-corrected chi connectivity index (χ2v) is 4.87. The number of nitrogens with one attached hydrogen (secondary N) is 1. The number of benzene rings is 2. The molecular weight excluding hydrogens is 299 g/mol. The van der Waals surface area contributed by atoms with Crippen molar-refractivity contribution in [1.82, 2.24) is 0 Å². The molecule has 0 radical (unpaired) electrons. The Hall–Kier alpha value is -1.91. The third kappa shape index (κ3) is 4.05. The highest BCUT2D eigenvalue weighted by atomic mass is 35.5. The number of ether oxygens (including phenoxy) is 1. The molecule has 2 aromatic carbocycles. The van der Waals surface area contributed by atoms with Gasteiger partial charge >= 0.3 is 0 Å². The Labute approximate surface area is 126 Å². The average molecular weight is 311 g/mol. The van der Waals surface area contributed by atoms with Gasteiger partial charge < -0.3 is 15.8 Å². The fraction of sp³-hybridized carbons (Fsp3) is 0.0714. The number of halogens is 2. The van der Waals surface area contributed by atoms with Crippen molar-refractivity contribution in [3.63, 3.8) is 0 Å². The van der Waals surface area contributed by atoms with Crippen LogP contribution in [0.25, 0.3) is 0 Å². The van der Waals surface area contributed by atoms with Crippen molar-refractivity contribution in [3.05, 3.63) is 52.5 Å². The molecule has 2 rings (SSSR count). The van der Waals surface area contributed by atoms with Gasteiger partial charge in [0.2, 0.25) is 0 Å². The second-order valence-electron chi connectivity index (χ2n) is 4.03. The summed E-state index contributed by atoms with van der Waals surface area (Å²) in [4.78, 5) is 11.8. The predicted molar refractivity (Wildman–Crippen MR) is 81.4 cm³/mol. The maximum absolute atomic E-state index is 11.8. The van der Waals surface area contributed by atoms with E-state index >= 15 is 0 Å². The smallest absolute Gasteiger partial charge is 0.262 e. The highest BCUT2D eigenvalue weighted by Crippen LogP contribution is 2.25. The lowest BCUT2D eigenvalue weighted by molar-refractivity contribution is -0.118. The first-order chi connectivity index (χ1) is 9.54. The van der Waals surface area contributed by atoms with Crippen LogP contribution in [0.2, 0.25) is 10.0 Å². The van der Waals surface area contributed by atoms with E-state index in [2.05, 4.69) is 5.32 Å². The van der Waals surface area contributed by atoms with E-state index < -0.39 is 0 Å². The molecule has 20 heavy (non-hydrogen) atoms. The minimum absolute atomic E-state index is 0.132. The lowest BCUT2D eigenvalue weighted by Gasteiger charge is -2.09. The Kier molecular flexibility index (Phi) is 4.71. The number of carbonyl (C=O) groups excluding carboxylic acids is 1. The first kappa shape index (κ1) is 14.5. The van der Waals surface area contributed by atoms with Crippen LogP contribution in [0.5, 0.6) is 5.75 Å². The lowest BCUT2D eigenvalue weighted by Crippen LogP contribution is -2.20. The first-order valence-corrected chi connectivity index (χ1v) is 6.53. The third-order valence-corrected chi connectivity index (χ3v) is 3.02. The van der Waals surface area contributed by atoms with E-state index in [9.17, 15) is 4.79 Å². The normalized spacial score (nSPS) is 10.1. The zero-order valence-corrected chi connectivity index (χ0v) is 11.9. The minimum atomic E-state index is -0.328. The standard InChI is InChI=1S/C14H12Cl2N2O2/c15-9-1-6-12(16)13(7-9)18-14(19)8-20-11-4-2-10(17)3-5-11/h1-7H,8,17H2,(H,18,19). The summed E-state index contributed by atoms with van der Waals surface area (Å²) < 4.78 is 5.32. The molecule has 0 heterocycles. The van der Waals surface area contributed by atoms with Crippen LogP contribution in [-0.2, 0) is 4.79 Å². The Morgan fingerprint density at radius 2 is 1.85 bits per heavy atom. The fourth-order valence-electron chi connectivity index (χ4n) is 1.49. The van der Waals surface area contributed by atoms with Crippen LogP contribution in [0.3, 0.4) is 0 Å². The molecule has 0 saturated heterocycles. The van der Waals surface area contributed by atoms with Crippen LogP contribution in [0.4, 0.5) is 11.4 Å². The van der Waals surface area contributed by atoms with Crippen molar-refractivity contribution < 1.29 is 9.53 Å². The zero-order valence-electron chi connectivity index (χ0n) is 10.4. The van der Waals surface area contributed by atoms with Gasteiger partial charge in [0.25, 0.3) is 5.91 Å². The quantitative estimate of drug-likeness (QED) is 0.848. The Morgan fingerprint density at radius 1 is 1.15 bits per heavy atom. The van der Waals surface area contributed by atoms with E-state index in [0.29, 0.717) is 27.2 Å². The number of nitrogens with two attached hydrogens (primary N) is 1. The van der Waals surface area contributed by atoms with Gasteiger partial charge in [-0.05, 0) is 42.5 Å². The first-order valence-electron chi connectivity index (χ1n) is 5.78. The predicted octanol–water partition coefficient (Wildman–Crippen LogP) is 3.59. The number of hydrogen-bond acceptors (Lipinski definition) is 3. The summed E-state index contributed by atoms with van der Waals surface area (Å²) in [5, 5.41) is 3.53. The summed E-state index contributed by atoms with van der Waals surface area (Å²) in [7, 11) is 0. The molecule has 104 valence electrons. The van der Waals surface area contributed by atoms with Crippen molar-refractivity contribution in [2.45, 2.75) is 0 Å². The van der Waals surface area contributed by atoms with Gasteiger partial charge in [0.1, 0.15) is 5.75 Å². The molecule has 0 fully saturated rings. The monoisotopic (exact) mass is 310 g/mol. The number of rotatable bonds is 4. The highest BCUT2D eigenvalue weighted by molar-refractivity contribution is 6.35. The summed E-state index contributed by atoms with van der Waals surface area (Å²) in [5.74, 6) is 0.234. The molecule has 0 aromatic heterocycles. The van der Waals surface area contributed by atoms with Crippen LogP contribution in [0, 0.1) is 0 Å². The number of hydrogen-bond donors (Lipinski definition) is 2. The van der Waals surface area contributed by atoms with Gasteiger partial charge in [-0.25, -0.2) is 0 Å². The SMILES string of the molecule is Nc1ccc(OCC(=O)Nc2cc(Cl)ccc2Cl)cc1. The topological polar surface area (TPSA) is 64.3 Å². The number of carbonyl (C=O) groups is 1. The van der Waals surface area contributed by atoms with Crippen molar-refractivity contribution in [1.29, 1.82) is 0 Å². The molecule has 0 spiro atoms. The average Bonchev–Trinajstić information content (AvgIpc) is 2.42. The van der Waals surface area contributed by atoms with Crippen LogP contribution in [0.15, 0.2) is 42.5 Å². The molecule has 0 aliphatic heterocycles. The van der Waals surface area contributed by atoms with E-state index in [4.69, 9.17) is 33.7 Å². The van der Waals surface area contributed by atoms with E-state index in [1.807, 2.05) is 0 Å². The van der Waals surface area contributed by atoms with Crippen LogP contribution < -0.4 is 15.8 Å². The fourth-order valence-corrected chi connectivity index (χ4v) is 1.83. The van der Waals surface area contributed by atoms with Gasteiger partial charge in [0.15, 0.2) is 6.61 Å². The summed E-state index contributed by atoms with van der Waals surface area (Å²) in [6.45, 7) is -0.132. The molecule has 0 aliphatic carbocycles. The van der Waals surface area contributed by atoms with Crippen molar-refractivity contribution in [3.8, 4) is 5.75 Å². The summed E-state index contributed by atoms with van der Waals surface area (Å²) >= 11 is 11.8. The van der Waals surface area contributed by atoms with Gasteiger partial charge in [-0.2, -0.15) is 0 Å². The Balaban J connectivity index is 1.92. The highest BCUT2D eigenvalue weighted by Gasteiger charge is 2.07. The minimum Gasteiger partial charge on any atom is -0.484 e. The van der Waals surface area contributed by atoms with Crippen LogP contribution in [0.1, 0.15) is 0 Å². The zero-order chi connectivity index (χ0) is 14.5. The van der Waals surface area contributed by atoms with Crippen LogP contribution in [-0.4, -0.2) is 12.5 Å². The van der Waals surface area contributed by atoms with E-state index in [1.165, 1.54) is 0 Å². The maximum Gasteiger partial charge on any atom is 0.262 e. The molecule has 0 aliphatic rings. The Morgan fingerprint density at radius 3 is 2.55 bits per heavy atom. The molecule has 4 nitrogen and oxygen atoms in total.